The molecule has 3 aliphatic carbocycles. The Morgan fingerprint density at radius 3 is 2.45 bits per heavy atom. The Morgan fingerprint density at radius 1 is 1.00 bits per heavy atom. The molecule has 2 fully saturated rings. The Bertz CT molecular complexity index is 824. The second-order valence-corrected chi connectivity index (χ2v) is 10.1. The Kier molecular flexibility index (Phi) is 7.84. The van der Waals surface area contributed by atoms with Gasteiger partial charge in [0.25, 0.3) is 5.91 Å². The van der Waals surface area contributed by atoms with Gasteiger partial charge in [-0.2, -0.15) is 0 Å². The van der Waals surface area contributed by atoms with Gasteiger partial charge in [-0.05, 0) is 82.3 Å². The van der Waals surface area contributed by atoms with Gasteiger partial charge in [0.2, 0.25) is 0 Å². The van der Waals surface area contributed by atoms with E-state index in [-0.39, 0.29) is 17.7 Å². The van der Waals surface area contributed by atoms with Crippen molar-refractivity contribution >= 4 is 23.2 Å². The topological polar surface area (TPSA) is 69.6 Å². The molecule has 0 aromatic heterocycles. The van der Waals surface area contributed by atoms with Gasteiger partial charge in [-0.15, -0.1) is 0 Å². The van der Waals surface area contributed by atoms with Crippen molar-refractivity contribution in [1.29, 1.82) is 5.41 Å². The van der Waals surface area contributed by atoms with Gasteiger partial charge in [-0.1, -0.05) is 42.6 Å². The van der Waals surface area contributed by atoms with Crippen molar-refractivity contribution in [2.45, 2.75) is 95.6 Å². The highest BCUT2D eigenvalue weighted by Crippen LogP contribution is 2.31. The van der Waals surface area contributed by atoms with Crippen LogP contribution in [0.25, 0.3) is 0 Å². The van der Waals surface area contributed by atoms with Gasteiger partial charge >= 0.3 is 0 Å². The van der Waals surface area contributed by atoms with Gasteiger partial charge < -0.3 is 10.6 Å². The summed E-state index contributed by atoms with van der Waals surface area (Å²) < 4.78 is 0. The van der Waals surface area contributed by atoms with Crippen molar-refractivity contribution in [3.8, 4) is 0 Å². The van der Waals surface area contributed by atoms with Crippen LogP contribution in [0.15, 0.2) is 35.5 Å². The standard InChI is InChI=1S/C26H36ClN3O/c27-23-16-7-5-9-18(23)17-19-10-4-6-15-22(24(28)26(31)30-21-13-8-14-21)25(19)29-20-11-2-1-3-12-20/h5,7,9,16,19-21,28-29H,1-4,6,8,10-15,17H2,(H,30,31)/p+1. The van der Waals surface area contributed by atoms with Crippen LogP contribution in [0, 0.1) is 11.3 Å². The first kappa shape index (κ1) is 22.5. The molecule has 1 unspecified atom stereocenters. The van der Waals surface area contributed by atoms with Gasteiger partial charge in [-0.3, -0.25) is 10.2 Å². The minimum atomic E-state index is -0.173. The van der Waals surface area contributed by atoms with Crippen molar-refractivity contribution < 1.29 is 10.1 Å². The minimum absolute atomic E-state index is 0.173. The molecule has 0 spiro atoms. The van der Waals surface area contributed by atoms with Crippen LogP contribution in [-0.4, -0.2) is 23.7 Å². The molecular formula is C26H37ClN3O+. The lowest BCUT2D eigenvalue weighted by molar-refractivity contribution is -0.652. The maximum absolute atomic E-state index is 12.9. The van der Waals surface area contributed by atoms with Gasteiger partial charge in [0.1, 0.15) is 11.4 Å². The zero-order chi connectivity index (χ0) is 21.6. The molecule has 0 aliphatic heterocycles. The van der Waals surface area contributed by atoms with Gasteiger partial charge in [0.15, 0.2) is 0 Å². The Hall–Kier alpha value is -1.65. The van der Waals surface area contributed by atoms with Crippen molar-refractivity contribution in [3.05, 3.63) is 46.1 Å². The molecule has 4 nitrogen and oxygen atoms in total. The molecule has 1 atom stereocenters. The lowest BCUT2D eigenvalue weighted by Gasteiger charge is -2.28. The van der Waals surface area contributed by atoms with E-state index in [2.05, 4.69) is 22.8 Å². The Morgan fingerprint density at radius 2 is 1.74 bits per heavy atom. The van der Waals surface area contributed by atoms with E-state index in [0.717, 1.165) is 55.5 Å². The summed E-state index contributed by atoms with van der Waals surface area (Å²) in [5.41, 5.74) is 3.66. The largest absolute Gasteiger partial charge is 0.348 e. The summed E-state index contributed by atoms with van der Waals surface area (Å²) in [5, 5.41) is 15.2. The molecule has 4 N–H and O–H groups in total. The number of rotatable bonds is 7. The average molecular weight is 443 g/mol. The molecule has 0 radical (unpaired) electrons. The highest BCUT2D eigenvalue weighted by atomic mass is 35.5. The number of amides is 1. The monoisotopic (exact) mass is 442 g/mol. The summed E-state index contributed by atoms with van der Waals surface area (Å²) in [6.07, 6.45) is 14.7. The molecule has 168 valence electrons. The molecule has 0 saturated heterocycles. The third-order valence-electron chi connectivity index (χ3n) is 7.48. The minimum Gasteiger partial charge on any atom is -0.348 e. The molecule has 2 saturated carbocycles. The number of nitrogens with two attached hydrogens (primary N) is 1. The third kappa shape index (κ3) is 5.78. The van der Waals surface area contributed by atoms with Crippen LogP contribution >= 0.6 is 11.6 Å². The maximum Gasteiger partial charge on any atom is 0.269 e. The van der Waals surface area contributed by atoms with Crippen molar-refractivity contribution in [1.82, 2.24) is 5.32 Å². The summed E-state index contributed by atoms with van der Waals surface area (Å²) in [6, 6.07) is 8.98. The molecular weight excluding hydrogens is 406 g/mol. The molecule has 5 heteroatoms. The number of quaternary nitrogens is 1. The SMILES string of the molecule is N=C(C(=O)NC1CCC1)C1=C([NH2+]C2CCCCC2)C(Cc2ccccc2Cl)CCCC1. The van der Waals surface area contributed by atoms with Gasteiger partial charge in [0.05, 0.1) is 6.04 Å². The number of carbonyl (C=O) groups excluding carboxylic acids is 1. The number of nitrogens with one attached hydrogen (secondary N) is 2. The van der Waals surface area contributed by atoms with Crippen LogP contribution in [0.1, 0.15) is 82.6 Å². The summed E-state index contributed by atoms with van der Waals surface area (Å²) in [5.74, 6) is 0.156. The number of benzene rings is 1. The Labute approximate surface area is 191 Å². The van der Waals surface area contributed by atoms with Gasteiger partial charge in [0, 0.05) is 22.6 Å². The normalized spacial score (nSPS) is 23.2. The third-order valence-corrected chi connectivity index (χ3v) is 7.84. The fourth-order valence-corrected chi connectivity index (χ4v) is 5.60. The lowest BCUT2D eigenvalue weighted by atomic mass is 9.87. The number of hydrogen-bond acceptors (Lipinski definition) is 2. The number of halogens is 1. The van der Waals surface area contributed by atoms with E-state index in [0.29, 0.717) is 12.0 Å². The van der Waals surface area contributed by atoms with E-state index in [9.17, 15) is 4.79 Å². The fourth-order valence-electron chi connectivity index (χ4n) is 5.39. The fraction of sp³-hybridized carbons (Fsp3) is 0.615. The van der Waals surface area contributed by atoms with E-state index < -0.39 is 0 Å². The number of hydrogen-bond donors (Lipinski definition) is 3. The molecule has 0 bridgehead atoms. The van der Waals surface area contributed by atoms with Crippen LogP contribution in [0.4, 0.5) is 0 Å². The number of allylic oxidation sites excluding steroid dienone is 1. The van der Waals surface area contributed by atoms with Crippen LogP contribution in [0.3, 0.4) is 0 Å². The summed E-state index contributed by atoms with van der Waals surface area (Å²) in [7, 11) is 0. The Balaban J connectivity index is 1.62. The number of carbonyl (C=O) groups is 1. The molecule has 3 aliphatic rings. The molecule has 31 heavy (non-hydrogen) atoms. The highest BCUT2D eigenvalue weighted by Gasteiger charge is 2.33. The zero-order valence-corrected chi connectivity index (χ0v) is 19.4. The van der Waals surface area contributed by atoms with Gasteiger partial charge in [-0.25, -0.2) is 0 Å². The molecule has 1 aromatic rings. The molecule has 0 heterocycles. The first-order valence-corrected chi connectivity index (χ1v) is 12.7. The van der Waals surface area contributed by atoms with Crippen molar-refractivity contribution in [3.63, 3.8) is 0 Å². The van der Waals surface area contributed by atoms with Crippen LogP contribution in [0.5, 0.6) is 0 Å². The quantitative estimate of drug-likeness (QED) is 0.516. The van der Waals surface area contributed by atoms with E-state index in [1.165, 1.54) is 49.8 Å². The predicted octanol–water partition coefficient (Wildman–Crippen LogP) is 4.91. The molecule has 4 rings (SSSR count). The maximum atomic E-state index is 12.9. The van der Waals surface area contributed by atoms with E-state index >= 15 is 0 Å². The van der Waals surface area contributed by atoms with Crippen molar-refractivity contribution in [2.75, 3.05) is 0 Å². The molecule has 1 amide bonds. The summed E-state index contributed by atoms with van der Waals surface area (Å²) >= 11 is 6.52. The zero-order valence-electron chi connectivity index (χ0n) is 18.6. The second-order valence-electron chi connectivity index (χ2n) is 9.71. The predicted molar refractivity (Wildman–Crippen MR) is 126 cm³/mol. The van der Waals surface area contributed by atoms with Crippen LogP contribution in [-0.2, 0) is 11.2 Å². The summed E-state index contributed by atoms with van der Waals surface area (Å²) in [6.45, 7) is 0. The second kappa shape index (κ2) is 10.8. The first-order valence-electron chi connectivity index (χ1n) is 12.3. The van der Waals surface area contributed by atoms with E-state index in [1.54, 1.807) is 0 Å². The highest BCUT2D eigenvalue weighted by molar-refractivity contribution is 6.44. The van der Waals surface area contributed by atoms with E-state index in [4.69, 9.17) is 17.0 Å². The van der Waals surface area contributed by atoms with E-state index in [1.807, 2.05) is 12.1 Å². The van der Waals surface area contributed by atoms with Crippen LogP contribution < -0.4 is 10.6 Å². The first-order chi connectivity index (χ1) is 15.1. The van der Waals surface area contributed by atoms with Crippen molar-refractivity contribution in [2.24, 2.45) is 5.92 Å². The lowest BCUT2D eigenvalue weighted by Crippen LogP contribution is -2.89. The molecule has 1 aromatic carbocycles. The van der Waals surface area contributed by atoms with Crippen LogP contribution in [0.2, 0.25) is 5.02 Å². The summed E-state index contributed by atoms with van der Waals surface area (Å²) in [4.78, 5) is 12.9. The average Bonchev–Trinajstić information content (AvgIpc) is 2.95. The smallest absolute Gasteiger partial charge is 0.269 e.